The molecule has 5 heteroatoms. The van der Waals surface area contributed by atoms with E-state index >= 15 is 0 Å². The summed E-state index contributed by atoms with van der Waals surface area (Å²) in [6.07, 6.45) is 3.41. The summed E-state index contributed by atoms with van der Waals surface area (Å²) in [6, 6.07) is 7.54. The Morgan fingerprint density at radius 3 is 2.81 bits per heavy atom. The highest BCUT2D eigenvalue weighted by Crippen LogP contribution is 2.27. The SMILES string of the molecule is Nc1cc(-c2cccc3cnncc23)no1. The van der Waals surface area contributed by atoms with Crippen LogP contribution < -0.4 is 5.73 Å². The number of benzene rings is 1. The molecule has 0 fully saturated rings. The van der Waals surface area contributed by atoms with Gasteiger partial charge in [-0.05, 0) is 0 Å². The summed E-state index contributed by atoms with van der Waals surface area (Å²) in [6.45, 7) is 0. The van der Waals surface area contributed by atoms with Gasteiger partial charge in [-0.15, -0.1) is 0 Å². The molecule has 0 saturated carbocycles. The minimum atomic E-state index is 0.300. The second-order valence-corrected chi connectivity index (χ2v) is 3.41. The van der Waals surface area contributed by atoms with Gasteiger partial charge >= 0.3 is 0 Å². The number of nitrogens with two attached hydrogens (primary N) is 1. The third-order valence-electron chi connectivity index (χ3n) is 2.39. The van der Waals surface area contributed by atoms with E-state index in [1.54, 1.807) is 18.5 Å². The van der Waals surface area contributed by atoms with E-state index in [2.05, 4.69) is 15.4 Å². The summed E-state index contributed by atoms with van der Waals surface area (Å²) in [7, 11) is 0. The summed E-state index contributed by atoms with van der Waals surface area (Å²) < 4.78 is 4.86. The summed E-state index contributed by atoms with van der Waals surface area (Å²) in [5, 5.41) is 13.6. The first-order chi connectivity index (χ1) is 7.84. The van der Waals surface area contributed by atoms with Gasteiger partial charge in [0.2, 0.25) is 5.88 Å². The first-order valence-corrected chi connectivity index (χ1v) is 4.76. The van der Waals surface area contributed by atoms with Gasteiger partial charge in [0.05, 0.1) is 12.4 Å². The lowest BCUT2D eigenvalue weighted by Crippen LogP contribution is -1.84. The van der Waals surface area contributed by atoms with Crippen molar-refractivity contribution in [3.05, 3.63) is 36.7 Å². The third-order valence-corrected chi connectivity index (χ3v) is 2.39. The van der Waals surface area contributed by atoms with Crippen LogP contribution in [0.15, 0.2) is 41.2 Å². The number of rotatable bonds is 1. The molecule has 1 aromatic carbocycles. The number of aromatic nitrogens is 3. The zero-order valence-electron chi connectivity index (χ0n) is 8.29. The molecule has 5 nitrogen and oxygen atoms in total. The van der Waals surface area contributed by atoms with E-state index in [0.29, 0.717) is 11.6 Å². The van der Waals surface area contributed by atoms with Gasteiger partial charge in [-0.25, -0.2) is 0 Å². The molecule has 0 saturated heterocycles. The summed E-state index contributed by atoms with van der Waals surface area (Å²) in [5.41, 5.74) is 7.15. The molecule has 0 atom stereocenters. The van der Waals surface area contributed by atoms with Gasteiger partial charge in [0, 0.05) is 22.4 Å². The fraction of sp³-hybridized carbons (Fsp3) is 0. The van der Waals surface area contributed by atoms with E-state index in [1.165, 1.54) is 0 Å². The van der Waals surface area contributed by atoms with Crippen molar-refractivity contribution < 1.29 is 4.52 Å². The zero-order chi connectivity index (χ0) is 11.0. The van der Waals surface area contributed by atoms with Crippen molar-refractivity contribution in [3.8, 4) is 11.3 Å². The molecule has 2 heterocycles. The van der Waals surface area contributed by atoms with Gasteiger partial charge in [0.15, 0.2) is 0 Å². The molecule has 0 aliphatic heterocycles. The van der Waals surface area contributed by atoms with Crippen molar-refractivity contribution in [2.24, 2.45) is 0 Å². The Morgan fingerprint density at radius 2 is 2.00 bits per heavy atom. The summed E-state index contributed by atoms with van der Waals surface area (Å²) in [4.78, 5) is 0. The molecule has 0 aliphatic rings. The van der Waals surface area contributed by atoms with Crippen LogP contribution in [0.4, 0.5) is 5.88 Å². The minimum absolute atomic E-state index is 0.300. The number of fused-ring (bicyclic) bond motifs is 1. The second kappa shape index (κ2) is 3.30. The fourth-order valence-electron chi connectivity index (χ4n) is 1.67. The van der Waals surface area contributed by atoms with E-state index in [9.17, 15) is 0 Å². The van der Waals surface area contributed by atoms with Gasteiger partial charge in [0.1, 0.15) is 5.69 Å². The van der Waals surface area contributed by atoms with Crippen LogP contribution in [0, 0.1) is 0 Å². The van der Waals surface area contributed by atoms with Crippen LogP contribution in [0.25, 0.3) is 22.0 Å². The number of nitrogens with zero attached hydrogens (tertiary/aromatic N) is 3. The van der Waals surface area contributed by atoms with Crippen molar-refractivity contribution >= 4 is 16.7 Å². The standard InChI is InChI=1S/C11H8N4O/c12-11-4-10(15-16-11)8-3-1-2-7-5-13-14-6-9(7)8/h1-6H,12H2. The Labute approximate surface area is 90.9 Å². The van der Waals surface area contributed by atoms with E-state index < -0.39 is 0 Å². The maximum absolute atomic E-state index is 5.50. The van der Waals surface area contributed by atoms with Crippen LogP contribution in [-0.2, 0) is 0 Å². The smallest absolute Gasteiger partial charge is 0.222 e. The van der Waals surface area contributed by atoms with Crippen molar-refractivity contribution in [2.75, 3.05) is 5.73 Å². The van der Waals surface area contributed by atoms with E-state index in [1.807, 2.05) is 18.2 Å². The molecule has 0 aliphatic carbocycles. The molecule has 2 aromatic heterocycles. The Morgan fingerprint density at radius 1 is 1.12 bits per heavy atom. The van der Waals surface area contributed by atoms with Gasteiger partial charge < -0.3 is 10.3 Å². The Kier molecular flexibility index (Phi) is 1.83. The van der Waals surface area contributed by atoms with Crippen molar-refractivity contribution in [1.82, 2.24) is 15.4 Å². The van der Waals surface area contributed by atoms with Gasteiger partial charge in [-0.3, -0.25) is 0 Å². The van der Waals surface area contributed by atoms with Crippen LogP contribution in [0.3, 0.4) is 0 Å². The zero-order valence-corrected chi connectivity index (χ0v) is 8.29. The molecule has 16 heavy (non-hydrogen) atoms. The monoisotopic (exact) mass is 212 g/mol. The van der Waals surface area contributed by atoms with Crippen molar-refractivity contribution in [1.29, 1.82) is 0 Å². The summed E-state index contributed by atoms with van der Waals surface area (Å²) in [5.74, 6) is 0.300. The van der Waals surface area contributed by atoms with Crippen LogP contribution in [0.5, 0.6) is 0 Å². The second-order valence-electron chi connectivity index (χ2n) is 3.41. The molecule has 0 spiro atoms. The highest BCUT2D eigenvalue weighted by molar-refractivity contribution is 5.94. The topological polar surface area (TPSA) is 77.8 Å². The molecular weight excluding hydrogens is 204 g/mol. The lowest BCUT2D eigenvalue weighted by Gasteiger charge is -2.00. The molecule has 2 N–H and O–H groups in total. The lowest BCUT2D eigenvalue weighted by atomic mass is 10.1. The molecule has 3 aromatic rings. The van der Waals surface area contributed by atoms with E-state index in [4.69, 9.17) is 10.3 Å². The largest absolute Gasteiger partial charge is 0.368 e. The summed E-state index contributed by atoms with van der Waals surface area (Å²) >= 11 is 0. The molecule has 0 bridgehead atoms. The predicted molar refractivity (Wildman–Crippen MR) is 59.4 cm³/mol. The first-order valence-electron chi connectivity index (χ1n) is 4.76. The molecule has 0 unspecified atom stereocenters. The maximum Gasteiger partial charge on any atom is 0.222 e. The Hall–Kier alpha value is -2.43. The fourth-order valence-corrected chi connectivity index (χ4v) is 1.67. The quantitative estimate of drug-likeness (QED) is 0.666. The third kappa shape index (κ3) is 1.30. The lowest BCUT2D eigenvalue weighted by molar-refractivity contribution is 0.439. The predicted octanol–water partition coefficient (Wildman–Crippen LogP) is 1.87. The molecule has 78 valence electrons. The van der Waals surface area contributed by atoms with Crippen LogP contribution >= 0.6 is 0 Å². The van der Waals surface area contributed by atoms with Crippen LogP contribution in [0.2, 0.25) is 0 Å². The highest BCUT2D eigenvalue weighted by atomic mass is 16.5. The van der Waals surface area contributed by atoms with Gasteiger partial charge in [0.25, 0.3) is 0 Å². The Bertz CT molecular complexity index is 642. The molecule has 0 amide bonds. The molecule has 0 radical (unpaired) electrons. The van der Waals surface area contributed by atoms with Crippen LogP contribution in [0.1, 0.15) is 0 Å². The number of hydrogen-bond donors (Lipinski definition) is 1. The van der Waals surface area contributed by atoms with Crippen molar-refractivity contribution in [2.45, 2.75) is 0 Å². The number of nitrogen functional groups attached to an aromatic ring is 1. The highest BCUT2D eigenvalue weighted by Gasteiger charge is 2.08. The Balaban J connectivity index is 2.31. The number of hydrogen-bond acceptors (Lipinski definition) is 5. The average Bonchev–Trinajstić information content (AvgIpc) is 2.75. The van der Waals surface area contributed by atoms with Crippen molar-refractivity contribution in [3.63, 3.8) is 0 Å². The normalized spacial score (nSPS) is 10.8. The first kappa shape index (κ1) is 8.84. The molecular formula is C11H8N4O. The minimum Gasteiger partial charge on any atom is -0.368 e. The van der Waals surface area contributed by atoms with Gasteiger partial charge in [-0.1, -0.05) is 23.4 Å². The average molecular weight is 212 g/mol. The maximum atomic E-state index is 5.50. The van der Waals surface area contributed by atoms with E-state index in [0.717, 1.165) is 16.3 Å². The van der Waals surface area contributed by atoms with E-state index in [-0.39, 0.29) is 0 Å². The number of anilines is 1. The molecule has 3 rings (SSSR count). The van der Waals surface area contributed by atoms with Crippen LogP contribution in [-0.4, -0.2) is 15.4 Å². The van der Waals surface area contributed by atoms with Gasteiger partial charge in [-0.2, -0.15) is 10.2 Å².